The smallest absolute Gasteiger partial charge is 0.443 e. The first-order valence-corrected chi connectivity index (χ1v) is 3.15. The predicted octanol–water partition coefficient (Wildman–Crippen LogP) is -1.22. The summed E-state index contributed by atoms with van der Waals surface area (Å²) in [5.41, 5.74) is -1.74. The molecule has 66 valence electrons. The lowest BCUT2D eigenvalue weighted by molar-refractivity contribution is -0.681. The van der Waals surface area contributed by atoms with E-state index < -0.39 is 17.3 Å². The summed E-state index contributed by atoms with van der Waals surface area (Å²) in [6, 6.07) is 0. The number of nitrogens with zero attached hydrogens (tertiary/aromatic N) is 1. The fraction of sp³-hybridized carbons (Fsp3) is 0.400. The molecule has 0 aliphatic heterocycles. The van der Waals surface area contributed by atoms with E-state index in [2.05, 4.69) is 9.26 Å². The minimum atomic E-state index is -1.04. The van der Waals surface area contributed by atoms with Gasteiger partial charge in [-0.2, -0.15) is 0 Å². The third kappa shape index (κ3) is 1.29. The standard InChI is InChI=1S/C5H6N2O5/c1-2-11-4(8)3-5(9)12-6-7(3)10/h6H,2H2,1H3. The number of aromatic nitrogens is 2. The largest absolute Gasteiger partial charge is 0.593 e. The van der Waals surface area contributed by atoms with Gasteiger partial charge in [-0.25, -0.2) is 9.59 Å². The van der Waals surface area contributed by atoms with Crippen molar-refractivity contribution in [3.63, 3.8) is 0 Å². The Kier molecular flexibility index (Phi) is 2.13. The van der Waals surface area contributed by atoms with Crippen molar-refractivity contribution in [2.45, 2.75) is 6.92 Å². The molecule has 1 heterocycles. The van der Waals surface area contributed by atoms with Gasteiger partial charge in [0.2, 0.25) is 0 Å². The molecule has 0 radical (unpaired) electrons. The third-order valence-electron chi connectivity index (χ3n) is 1.09. The van der Waals surface area contributed by atoms with E-state index in [0.29, 0.717) is 0 Å². The molecule has 12 heavy (non-hydrogen) atoms. The van der Waals surface area contributed by atoms with E-state index in [1.807, 2.05) is 0 Å². The van der Waals surface area contributed by atoms with Crippen LogP contribution in [0.2, 0.25) is 0 Å². The number of carbonyl (C=O) groups excluding carboxylic acids is 1. The zero-order valence-corrected chi connectivity index (χ0v) is 6.20. The highest BCUT2D eigenvalue weighted by atomic mass is 16.6. The third-order valence-corrected chi connectivity index (χ3v) is 1.09. The van der Waals surface area contributed by atoms with Gasteiger partial charge >= 0.3 is 17.3 Å². The molecule has 0 bridgehead atoms. The highest BCUT2D eigenvalue weighted by Crippen LogP contribution is 1.86. The quantitative estimate of drug-likeness (QED) is 0.344. The molecule has 0 spiro atoms. The van der Waals surface area contributed by atoms with Gasteiger partial charge in [0, 0.05) is 0 Å². The van der Waals surface area contributed by atoms with E-state index in [0.717, 1.165) is 0 Å². The number of esters is 1. The van der Waals surface area contributed by atoms with Gasteiger partial charge in [0.1, 0.15) is 0 Å². The number of nitrogens with one attached hydrogen (secondary N) is 1. The topological polar surface area (TPSA) is 99.2 Å². The van der Waals surface area contributed by atoms with Crippen molar-refractivity contribution in [1.29, 1.82) is 0 Å². The Morgan fingerprint density at radius 1 is 1.83 bits per heavy atom. The molecule has 0 saturated heterocycles. The van der Waals surface area contributed by atoms with Gasteiger partial charge in [-0.05, 0) is 17.0 Å². The highest BCUT2D eigenvalue weighted by Gasteiger charge is 2.26. The van der Waals surface area contributed by atoms with Crippen LogP contribution in [0.5, 0.6) is 0 Å². The maximum absolute atomic E-state index is 10.8. The molecule has 0 fully saturated rings. The second kappa shape index (κ2) is 3.07. The molecule has 0 unspecified atom stereocenters. The number of hydrogen-bond donors (Lipinski definition) is 1. The maximum atomic E-state index is 10.8. The highest BCUT2D eigenvalue weighted by molar-refractivity contribution is 5.84. The average molecular weight is 174 g/mol. The lowest BCUT2D eigenvalue weighted by Gasteiger charge is -1.93. The van der Waals surface area contributed by atoms with E-state index >= 15 is 0 Å². The zero-order chi connectivity index (χ0) is 9.14. The summed E-state index contributed by atoms with van der Waals surface area (Å²) in [7, 11) is 0. The van der Waals surface area contributed by atoms with Gasteiger partial charge in [0.25, 0.3) is 0 Å². The fourth-order valence-corrected chi connectivity index (χ4v) is 0.626. The predicted molar refractivity (Wildman–Crippen MR) is 34.2 cm³/mol. The SMILES string of the molecule is CCOC(=O)c1c(=O)o[nH][n+]1[O-]. The maximum Gasteiger partial charge on any atom is 0.443 e. The molecule has 0 saturated carbocycles. The van der Waals surface area contributed by atoms with Crippen molar-refractivity contribution in [2.24, 2.45) is 0 Å². The van der Waals surface area contributed by atoms with Crippen LogP contribution in [0, 0.1) is 5.21 Å². The van der Waals surface area contributed by atoms with E-state index in [9.17, 15) is 14.8 Å². The second-order valence-corrected chi connectivity index (χ2v) is 1.84. The molecule has 7 nitrogen and oxygen atoms in total. The number of rotatable bonds is 2. The number of carbonyl (C=O) groups is 1. The van der Waals surface area contributed by atoms with Gasteiger partial charge in [0.05, 0.1) is 6.61 Å². The minimum absolute atomic E-state index is 0.0830. The van der Waals surface area contributed by atoms with Crippen LogP contribution in [0.15, 0.2) is 9.32 Å². The summed E-state index contributed by atoms with van der Waals surface area (Å²) >= 11 is 0. The first-order chi connectivity index (χ1) is 5.66. The van der Waals surface area contributed by atoms with E-state index in [1.54, 1.807) is 12.2 Å². The summed E-state index contributed by atoms with van der Waals surface area (Å²) in [5.74, 6) is -0.998. The molecule has 0 aliphatic carbocycles. The van der Waals surface area contributed by atoms with Crippen molar-refractivity contribution >= 4 is 5.97 Å². The number of ether oxygens (including phenoxy) is 1. The number of hydrogen-bond acceptors (Lipinski definition) is 5. The van der Waals surface area contributed by atoms with Crippen LogP contribution in [0.3, 0.4) is 0 Å². The summed E-state index contributed by atoms with van der Waals surface area (Å²) in [6.45, 7) is 1.64. The van der Waals surface area contributed by atoms with Gasteiger partial charge in [-0.1, -0.05) is 0 Å². The van der Waals surface area contributed by atoms with Crippen LogP contribution >= 0.6 is 0 Å². The first kappa shape index (κ1) is 8.31. The second-order valence-electron chi connectivity index (χ2n) is 1.84. The fourth-order valence-electron chi connectivity index (χ4n) is 0.626. The van der Waals surface area contributed by atoms with Crippen molar-refractivity contribution in [2.75, 3.05) is 6.61 Å². The van der Waals surface area contributed by atoms with Crippen LogP contribution in [0.4, 0.5) is 0 Å². The van der Waals surface area contributed by atoms with Crippen LogP contribution in [-0.2, 0) is 4.74 Å². The van der Waals surface area contributed by atoms with Crippen molar-refractivity contribution in [3.8, 4) is 0 Å². The van der Waals surface area contributed by atoms with Crippen LogP contribution in [0.1, 0.15) is 17.4 Å². The Hall–Kier alpha value is -1.79. The molecule has 0 atom stereocenters. The molecule has 1 rings (SSSR count). The monoisotopic (exact) mass is 174 g/mol. The van der Waals surface area contributed by atoms with Crippen molar-refractivity contribution in [1.82, 2.24) is 5.27 Å². The van der Waals surface area contributed by atoms with Crippen molar-refractivity contribution in [3.05, 3.63) is 21.3 Å². The van der Waals surface area contributed by atoms with Gasteiger partial charge in [-0.15, -0.1) is 0 Å². The van der Waals surface area contributed by atoms with Crippen LogP contribution < -0.4 is 10.5 Å². The number of H-pyrrole nitrogens is 1. The lowest BCUT2D eigenvalue weighted by Crippen LogP contribution is -2.38. The van der Waals surface area contributed by atoms with Gasteiger partial charge < -0.3 is 9.94 Å². The zero-order valence-electron chi connectivity index (χ0n) is 6.20. The Bertz CT molecular complexity index is 338. The molecule has 1 aromatic heterocycles. The summed E-state index contributed by atoms with van der Waals surface area (Å²) in [5, 5.41) is 12.3. The summed E-state index contributed by atoms with van der Waals surface area (Å²) in [4.78, 5) is 21.4. The summed E-state index contributed by atoms with van der Waals surface area (Å²) in [6.07, 6.45) is 0. The normalized spacial score (nSPS) is 9.75. The molecule has 0 aliphatic rings. The first-order valence-electron chi connectivity index (χ1n) is 3.15. The van der Waals surface area contributed by atoms with Crippen molar-refractivity contribution < 1.29 is 18.9 Å². The molecule has 1 N–H and O–H groups in total. The molecule has 1 aromatic rings. The van der Waals surface area contributed by atoms with Crippen LogP contribution in [0.25, 0.3) is 0 Å². The minimum Gasteiger partial charge on any atom is -0.593 e. The van der Waals surface area contributed by atoms with E-state index in [1.165, 1.54) is 0 Å². The van der Waals surface area contributed by atoms with E-state index in [4.69, 9.17) is 0 Å². The Balaban J connectivity index is 3.01. The molecule has 0 amide bonds. The Morgan fingerprint density at radius 3 is 2.92 bits per heavy atom. The van der Waals surface area contributed by atoms with Crippen LogP contribution in [-0.4, -0.2) is 17.8 Å². The van der Waals surface area contributed by atoms with E-state index in [-0.39, 0.29) is 11.5 Å². The Morgan fingerprint density at radius 2 is 2.50 bits per heavy atom. The molecular formula is C5H6N2O5. The number of aromatic amines is 1. The summed E-state index contributed by atoms with van der Waals surface area (Å²) < 4.78 is 8.44. The molecule has 7 heteroatoms. The lowest BCUT2D eigenvalue weighted by atomic mass is 10.5. The molecule has 0 aromatic carbocycles. The van der Waals surface area contributed by atoms with Gasteiger partial charge in [-0.3, -0.25) is 4.52 Å². The Labute approximate surface area is 66.1 Å². The average Bonchev–Trinajstić information content (AvgIpc) is 2.32. The molecular weight excluding hydrogens is 168 g/mol. The van der Waals surface area contributed by atoms with Gasteiger partial charge in [0.15, 0.2) is 0 Å².